The van der Waals surface area contributed by atoms with Gasteiger partial charge in [-0.1, -0.05) is 84.4 Å². The van der Waals surface area contributed by atoms with Gasteiger partial charge in [0.1, 0.15) is 36.4 Å². The highest BCUT2D eigenvalue weighted by Crippen LogP contribution is 2.22. The summed E-state index contributed by atoms with van der Waals surface area (Å²) in [7, 11) is 0. The summed E-state index contributed by atoms with van der Waals surface area (Å²) in [6.45, 7) is 2.95. The Balaban J connectivity index is 1.16. The molecule has 0 aliphatic rings. The van der Waals surface area contributed by atoms with Crippen LogP contribution in [0.15, 0.2) is 121 Å². The van der Waals surface area contributed by atoms with Crippen molar-refractivity contribution in [3.8, 4) is 17.6 Å². The van der Waals surface area contributed by atoms with Crippen molar-refractivity contribution < 1.29 is 14.3 Å². The lowest BCUT2D eigenvalue weighted by Crippen LogP contribution is -2.13. The molecule has 5 aromatic carbocycles. The lowest BCUT2D eigenvalue weighted by molar-refractivity contribution is -0.112. The number of ether oxygens (including phenoxy) is 2. The zero-order valence-corrected chi connectivity index (χ0v) is 22.1. The minimum Gasteiger partial charge on any atom is -0.489 e. The molecule has 0 spiro atoms. The molecule has 1 amide bonds. The van der Waals surface area contributed by atoms with Crippen LogP contribution in [-0.4, -0.2) is 5.91 Å². The average Bonchev–Trinajstić information content (AvgIpc) is 2.99. The zero-order chi connectivity index (χ0) is 27.7. The van der Waals surface area contributed by atoms with Gasteiger partial charge in [-0.3, -0.25) is 4.79 Å². The highest BCUT2D eigenvalue weighted by molar-refractivity contribution is 6.09. The first-order valence-electron chi connectivity index (χ1n) is 13.0. The number of nitrogens with one attached hydrogen (secondary N) is 1. The Labute approximate surface area is 233 Å². The first-order chi connectivity index (χ1) is 19.6. The molecule has 0 heterocycles. The predicted molar refractivity (Wildman–Crippen MR) is 159 cm³/mol. The molecule has 40 heavy (non-hydrogen) atoms. The van der Waals surface area contributed by atoms with Crippen molar-refractivity contribution in [2.24, 2.45) is 0 Å². The summed E-state index contributed by atoms with van der Waals surface area (Å²) in [5.41, 5.74) is 4.69. The minimum atomic E-state index is -0.480. The number of carbonyl (C=O) groups is 1. The molecule has 5 nitrogen and oxygen atoms in total. The van der Waals surface area contributed by atoms with Crippen LogP contribution in [0.3, 0.4) is 0 Å². The van der Waals surface area contributed by atoms with E-state index >= 15 is 0 Å². The van der Waals surface area contributed by atoms with Gasteiger partial charge in [-0.2, -0.15) is 5.26 Å². The van der Waals surface area contributed by atoms with Gasteiger partial charge in [0.05, 0.1) is 0 Å². The molecule has 0 saturated carbocycles. The second-order valence-corrected chi connectivity index (χ2v) is 9.42. The Morgan fingerprint density at radius 3 is 2.15 bits per heavy atom. The summed E-state index contributed by atoms with van der Waals surface area (Å²) in [5, 5.41) is 14.7. The van der Waals surface area contributed by atoms with Gasteiger partial charge >= 0.3 is 0 Å². The van der Waals surface area contributed by atoms with E-state index in [1.165, 1.54) is 16.3 Å². The Morgan fingerprint density at radius 2 is 1.43 bits per heavy atom. The van der Waals surface area contributed by atoms with Gasteiger partial charge in [0, 0.05) is 5.69 Å². The molecule has 5 aromatic rings. The molecule has 1 N–H and O–H groups in total. The van der Waals surface area contributed by atoms with E-state index in [0.717, 1.165) is 16.7 Å². The Morgan fingerprint density at radius 1 is 0.775 bits per heavy atom. The SMILES string of the molecule is Cc1ccc(COc2ccc(NC(=O)/C(C#N)=C/c3ccc(OCc4cccc5ccccc45)cc3)cc2)cc1. The molecule has 0 atom stereocenters. The fraction of sp³-hybridized carbons (Fsp3) is 0.0857. The molecular weight excluding hydrogens is 496 g/mol. The molecule has 5 heteroatoms. The summed E-state index contributed by atoms with van der Waals surface area (Å²) < 4.78 is 11.8. The second-order valence-electron chi connectivity index (χ2n) is 9.42. The molecular formula is C35H28N2O3. The highest BCUT2D eigenvalue weighted by Gasteiger charge is 2.10. The third kappa shape index (κ3) is 6.75. The van der Waals surface area contributed by atoms with E-state index in [0.29, 0.717) is 30.4 Å². The van der Waals surface area contributed by atoms with Gasteiger partial charge in [0.25, 0.3) is 5.91 Å². The van der Waals surface area contributed by atoms with E-state index in [1.54, 1.807) is 30.3 Å². The largest absolute Gasteiger partial charge is 0.489 e. The number of carbonyl (C=O) groups excluding carboxylic acids is 1. The number of anilines is 1. The third-order valence-corrected chi connectivity index (χ3v) is 6.47. The fourth-order valence-corrected chi connectivity index (χ4v) is 4.24. The molecule has 0 aromatic heterocycles. The van der Waals surface area contributed by atoms with E-state index in [1.807, 2.05) is 79.7 Å². The zero-order valence-electron chi connectivity index (χ0n) is 22.1. The molecule has 5 rings (SSSR count). The summed E-state index contributed by atoms with van der Waals surface area (Å²) in [5.74, 6) is 0.919. The molecule has 0 saturated heterocycles. The smallest absolute Gasteiger partial charge is 0.266 e. The van der Waals surface area contributed by atoms with Crippen LogP contribution >= 0.6 is 0 Å². The maximum absolute atomic E-state index is 12.7. The minimum absolute atomic E-state index is 0.00382. The number of nitrogens with zero attached hydrogens (tertiary/aromatic N) is 1. The van der Waals surface area contributed by atoms with Crippen LogP contribution in [0.25, 0.3) is 16.8 Å². The molecule has 0 bridgehead atoms. The van der Waals surface area contributed by atoms with Gasteiger partial charge < -0.3 is 14.8 Å². The number of aryl methyl sites for hydroxylation is 1. The van der Waals surface area contributed by atoms with Crippen molar-refractivity contribution in [3.63, 3.8) is 0 Å². The topological polar surface area (TPSA) is 71.3 Å². The third-order valence-electron chi connectivity index (χ3n) is 6.47. The second kappa shape index (κ2) is 12.5. The molecule has 0 fully saturated rings. The maximum Gasteiger partial charge on any atom is 0.266 e. The van der Waals surface area contributed by atoms with Crippen molar-refractivity contribution in [1.29, 1.82) is 5.26 Å². The fourth-order valence-electron chi connectivity index (χ4n) is 4.24. The van der Waals surface area contributed by atoms with Crippen LogP contribution in [0.1, 0.15) is 22.3 Å². The number of hydrogen-bond acceptors (Lipinski definition) is 4. The quantitative estimate of drug-likeness (QED) is 0.157. The summed E-state index contributed by atoms with van der Waals surface area (Å²) >= 11 is 0. The van der Waals surface area contributed by atoms with E-state index < -0.39 is 5.91 Å². The Hall–Kier alpha value is -5.34. The lowest BCUT2D eigenvalue weighted by Gasteiger charge is -2.10. The van der Waals surface area contributed by atoms with Crippen LogP contribution in [0.5, 0.6) is 11.5 Å². The predicted octanol–water partition coefficient (Wildman–Crippen LogP) is 7.85. The van der Waals surface area contributed by atoms with Crippen LogP contribution < -0.4 is 14.8 Å². The first-order valence-corrected chi connectivity index (χ1v) is 13.0. The van der Waals surface area contributed by atoms with Crippen molar-refractivity contribution >= 4 is 28.4 Å². The van der Waals surface area contributed by atoms with Crippen molar-refractivity contribution in [2.45, 2.75) is 20.1 Å². The van der Waals surface area contributed by atoms with Gasteiger partial charge in [-0.25, -0.2) is 0 Å². The number of fused-ring (bicyclic) bond motifs is 1. The van der Waals surface area contributed by atoms with Gasteiger partial charge in [0.15, 0.2) is 0 Å². The van der Waals surface area contributed by atoms with Crippen LogP contribution in [0.4, 0.5) is 5.69 Å². The Kier molecular flexibility index (Phi) is 8.19. The lowest BCUT2D eigenvalue weighted by atomic mass is 10.1. The standard InChI is InChI=1S/C35H28N2O3/c1-25-9-11-27(12-10-25)23-39-33-19-15-31(16-20-33)37-35(38)30(22-36)21-26-13-17-32(18-14-26)40-24-29-7-4-6-28-5-2-3-8-34(28)29/h2-21H,23-24H2,1H3,(H,37,38)/b30-21+. The van der Waals surface area contributed by atoms with Crippen LogP contribution in [0, 0.1) is 18.3 Å². The number of benzene rings is 5. The van der Waals surface area contributed by atoms with Crippen molar-refractivity contribution in [2.75, 3.05) is 5.32 Å². The monoisotopic (exact) mass is 524 g/mol. The molecule has 0 aliphatic heterocycles. The molecule has 0 aliphatic carbocycles. The molecule has 196 valence electrons. The number of nitriles is 1. The number of amides is 1. The van der Waals surface area contributed by atoms with Crippen LogP contribution in [0.2, 0.25) is 0 Å². The van der Waals surface area contributed by atoms with E-state index in [-0.39, 0.29) is 5.57 Å². The Bertz CT molecular complexity index is 1680. The van der Waals surface area contributed by atoms with Gasteiger partial charge in [-0.15, -0.1) is 0 Å². The van der Waals surface area contributed by atoms with Gasteiger partial charge in [0.2, 0.25) is 0 Å². The summed E-state index contributed by atoms with van der Waals surface area (Å²) in [4.78, 5) is 12.7. The first kappa shape index (κ1) is 26.3. The maximum atomic E-state index is 12.7. The summed E-state index contributed by atoms with van der Waals surface area (Å²) in [6, 6.07) is 38.9. The van der Waals surface area contributed by atoms with Crippen LogP contribution in [-0.2, 0) is 18.0 Å². The van der Waals surface area contributed by atoms with E-state index in [9.17, 15) is 10.1 Å². The van der Waals surface area contributed by atoms with Crippen molar-refractivity contribution in [1.82, 2.24) is 0 Å². The molecule has 0 unspecified atom stereocenters. The van der Waals surface area contributed by atoms with E-state index in [4.69, 9.17) is 9.47 Å². The molecule has 0 radical (unpaired) electrons. The van der Waals surface area contributed by atoms with Crippen molar-refractivity contribution in [3.05, 3.63) is 143 Å². The average molecular weight is 525 g/mol. The number of rotatable bonds is 9. The normalized spacial score (nSPS) is 11.1. The van der Waals surface area contributed by atoms with E-state index in [2.05, 4.69) is 29.6 Å². The van der Waals surface area contributed by atoms with Gasteiger partial charge in [-0.05, 0) is 76.9 Å². The number of hydrogen-bond donors (Lipinski definition) is 1. The summed E-state index contributed by atoms with van der Waals surface area (Å²) in [6.07, 6.45) is 1.56. The highest BCUT2D eigenvalue weighted by atomic mass is 16.5.